The first-order valence-electron chi connectivity index (χ1n) is 5.79. The minimum Gasteiger partial charge on any atom is -0.366 e. The number of nitrogens with one attached hydrogen (secondary N) is 1. The zero-order valence-electron chi connectivity index (χ0n) is 10.3. The van der Waals surface area contributed by atoms with Crippen LogP contribution in [0, 0.1) is 24.1 Å². The Bertz CT molecular complexity index is 634. The molecule has 0 saturated carbocycles. The SMILES string of the molecule is Cc1ccccc1NC(C#N)c1cccc(Cl)c1F. The van der Waals surface area contributed by atoms with E-state index in [9.17, 15) is 9.65 Å². The van der Waals surface area contributed by atoms with E-state index in [-0.39, 0.29) is 10.6 Å². The molecule has 0 amide bonds. The van der Waals surface area contributed by atoms with Crippen LogP contribution in [0.2, 0.25) is 5.02 Å². The largest absolute Gasteiger partial charge is 0.366 e. The van der Waals surface area contributed by atoms with Gasteiger partial charge in [-0.05, 0) is 24.6 Å². The number of para-hydroxylation sites is 1. The maximum atomic E-state index is 13.9. The zero-order valence-corrected chi connectivity index (χ0v) is 11.1. The van der Waals surface area contributed by atoms with Crippen molar-refractivity contribution < 1.29 is 4.39 Å². The summed E-state index contributed by atoms with van der Waals surface area (Å²) in [5, 5.41) is 12.3. The average molecular weight is 275 g/mol. The highest BCUT2D eigenvalue weighted by Crippen LogP contribution is 2.26. The van der Waals surface area contributed by atoms with Gasteiger partial charge in [0.1, 0.15) is 11.9 Å². The van der Waals surface area contributed by atoms with E-state index >= 15 is 0 Å². The van der Waals surface area contributed by atoms with Gasteiger partial charge in [0.15, 0.2) is 0 Å². The molecule has 0 spiro atoms. The first-order chi connectivity index (χ1) is 9.13. The van der Waals surface area contributed by atoms with E-state index in [1.165, 1.54) is 6.07 Å². The third kappa shape index (κ3) is 2.86. The van der Waals surface area contributed by atoms with Gasteiger partial charge in [0.25, 0.3) is 0 Å². The van der Waals surface area contributed by atoms with Crippen molar-refractivity contribution in [2.45, 2.75) is 13.0 Å². The molecule has 0 aromatic heterocycles. The lowest BCUT2D eigenvalue weighted by atomic mass is 10.1. The van der Waals surface area contributed by atoms with E-state index in [0.717, 1.165) is 11.3 Å². The Labute approximate surface area is 116 Å². The third-order valence-electron chi connectivity index (χ3n) is 2.87. The first-order valence-corrected chi connectivity index (χ1v) is 6.17. The maximum Gasteiger partial charge on any atom is 0.148 e. The summed E-state index contributed by atoms with van der Waals surface area (Å²) < 4.78 is 13.9. The molecule has 0 bridgehead atoms. The zero-order chi connectivity index (χ0) is 13.8. The lowest BCUT2D eigenvalue weighted by Gasteiger charge is -2.16. The Morgan fingerprint density at radius 1 is 1.21 bits per heavy atom. The molecule has 0 aliphatic heterocycles. The smallest absolute Gasteiger partial charge is 0.148 e. The second-order valence-electron chi connectivity index (χ2n) is 4.16. The van der Waals surface area contributed by atoms with Gasteiger partial charge >= 0.3 is 0 Å². The molecular weight excluding hydrogens is 263 g/mol. The number of nitriles is 1. The Balaban J connectivity index is 2.34. The van der Waals surface area contributed by atoms with E-state index in [0.29, 0.717) is 0 Å². The van der Waals surface area contributed by atoms with E-state index < -0.39 is 11.9 Å². The van der Waals surface area contributed by atoms with E-state index in [4.69, 9.17) is 11.6 Å². The highest BCUT2D eigenvalue weighted by atomic mass is 35.5. The summed E-state index contributed by atoms with van der Waals surface area (Å²) in [5.41, 5.74) is 2.04. The molecule has 0 saturated heterocycles. The molecule has 1 atom stereocenters. The fourth-order valence-corrected chi connectivity index (χ4v) is 2.00. The Morgan fingerprint density at radius 2 is 1.95 bits per heavy atom. The van der Waals surface area contributed by atoms with Crippen molar-refractivity contribution >= 4 is 17.3 Å². The molecule has 0 aliphatic rings. The van der Waals surface area contributed by atoms with Crippen LogP contribution in [0.1, 0.15) is 17.2 Å². The Hall–Kier alpha value is -2.05. The molecule has 0 aliphatic carbocycles. The van der Waals surface area contributed by atoms with Crippen LogP contribution in [0.15, 0.2) is 42.5 Å². The molecule has 0 fully saturated rings. The topological polar surface area (TPSA) is 35.8 Å². The van der Waals surface area contributed by atoms with Crippen molar-refractivity contribution in [2.75, 3.05) is 5.32 Å². The first kappa shape index (κ1) is 13.4. The lowest BCUT2D eigenvalue weighted by molar-refractivity contribution is 0.608. The van der Waals surface area contributed by atoms with Gasteiger partial charge in [-0.2, -0.15) is 5.26 Å². The third-order valence-corrected chi connectivity index (χ3v) is 3.16. The molecule has 0 radical (unpaired) electrons. The van der Waals surface area contributed by atoms with Crippen LogP contribution in [0.3, 0.4) is 0 Å². The summed E-state index contributed by atoms with van der Waals surface area (Å²) in [6, 6.07) is 13.5. The average Bonchev–Trinajstić information content (AvgIpc) is 2.41. The van der Waals surface area contributed by atoms with Crippen molar-refractivity contribution in [3.8, 4) is 6.07 Å². The molecule has 1 unspecified atom stereocenters. The number of rotatable bonds is 3. The van der Waals surface area contributed by atoms with Crippen molar-refractivity contribution in [1.82, 2.24) is 0 Å². The molecule has 96 valence electrons. The predicted molar refractivity (Wildman–Crippen MR) is 74.6 cm³/mol. The summed E-state index contributed by atoms with van der Waals surface area (Å²) in [4.78, 5) is 0. The van der Waals surface area contributed by atoms with Crippen molar-refractivity contribution in [3.63, 3.8) is 0 Å². The van der Waals surface area contributed by atoms with Gasteiger partial charge in [0.05, 0.1) is 11.1 Å². The standard InChI is InChI=1S/C15H12ClFN2/c1-10-5-2-3-8-13(10)19-14(9-18)11-6-4-7-12(16)15(11)17/h2-8,14,19H,1H3. The summed E-state index contributed by atoms with van der Waals surface area (Å²) in [6.45, 7) is 1.92. The molecular formula is C15H12ClFN2. The van der Waals surface area contributed by atoms with E-state index in [1.54, 1.807) is 12.1 Å². The molecule has 2 aromatic rings. The van der Waals surface area contributed by atoms with Crippen molar-refractivity contribution in [1.29, 1.82) is 5.26 Å². The minimum atomic E-state index is -0.778. The van der Waals surface area contributed by atoms with Gasteiger partial charge in [0.2, 0.25) is 0 Å². The summed E-state index contributed by atoms with van der Waals surface area (Å²) in [7, 11) is 0. The van der Waals surface area contributed by atoms with Crippen LogP contribution in [0.4, 0.5) is 10.1 Å². The number of aryl methyl sites for hydroxylation is 1. The van der Waals surface area contributed by atoms with Crippen LogP contribution in [0.5, 0.6) is 0 Å². The van der Waals surface area contributed by atoms with Crippen LogP contribution in [-0.2, 0) is 0 Å². The molecule has 2 aromatic carbocycles. The molecule has 0 heterocycles. The van der Waals surface area contributed by atoms with Crippen LogP contribution < -0.4 is 5.32 Å². The van der Waals surface area contributed by atoms with Crippen LogP contribution >= 0.6 is 11.6 Å². The molecule has 2 nitrogen and oxygen atoms in total. The lowest BCUT2D eigenvalue weighted by Crippen LogP contribution is -2.11. The number of hydrogen-bond donors (Lipinski definition) is 1. The number of hydrogen-bond acceptors (Lipinski definition) is 2. The van der Waals surface area contributed by atoms with E-state index in [2.05, 4.69) is 11.4 Å². The fourth-order valence-electron chi connectivity index (χ4n) is 1.81. The van der Waals surface area contributed by atoms with Crippen LogP contribution in [-0.4, -0.2) is 0 Å². The van der Waals surface area contributed by atoms with Gasteiger partial charge in [0, 0.05) is 11.3 Å². The molecule has 2 rings (SSSR count). The highest BCUT2D eigenvalue weighted by Gasteiger charge is 2.17. The highest BCUT2D eigenvalue weighted by molar-refractivity contribution is 6.30. The Kier molecular flexibility index (Phi) is 4.03. The normalized spacial score (nSPS) is 11.7. The fraction of sp³-hybridized carbons (Fsp3) is 0.133. The molecule has 4 heteroatoms. The van der Waals surface area contributed by atoms with Crippen molar-refractivity contribution in [3.05, 3.63) is 64.4 Å². The summed E-state index contributed by atoms with van der Waals surface area (Å²) in [6.07, 6.45) is 0. The summed E-state index contributed by atoms with van der Waals surface area (Å²) >= 11 is 5.74. The van der Waals surface area contributed by atoms with Gasteiger partial charge in [-0.15, -0.1) is 0 Å². The predicted octanol–water partition coefficient (Wildman–Crippen LogP) is 4.46. The maximum absolute atomic E-state index is 13.9. The van der Waals surface area contributed by atoms with E-state index in [1.807, 2.05) is 31.2 Å². The minimum absolute atomic E-state index is 0.0179. The van der Waals surface area contributed by atoms with Gasteiger partial charge in [-0.25, -0.2) is 4.39 Å². The van der Waals surface area contributed by atoms with Gasteiger partial charge in [-0.1, -0.05) is 41.9 Å². The number of benzene rings is 2. The van der Waals surface area contributed by atoms with Gasteiger partial charge in [-0.3, -0.25) is 0 Å². The number of halogens is 2. The molecule has 19 heavy (non-hydrogen) atoms. The van der Waals surface area contributed by atoms with Crippen molar-refractivity contribution in [2.24, 2.45) is 0 Å². The quantitative estimate of drug-likeness (QED) is 0.897. The second kappa shape index (κ2) is 5.73. The molecule has 1 N–H and O–H groups in total. The monoisotopic (exact) mass is 274 g/mol. The number of nitrogens with zero attached hydrogens (tertiary/aromatic N) is 1. The number of anilines is 1. The van der Waals surface area contributed by atoms with Gasteiger partial charge < -0.3 is 5.32 Å². The second-order valence-corrected chi connectivity index (χ2v) is 4.57. The van der Waals surface area contributed by atoms with Crippen LogP contribution in [0.25, 0.3) is 0 Å². The Morgan fingerprint density at radius 3 is 2.63 bits per heavy atom. The summed E-state index contributed by atoms with van der Waals surface area (Å²) in [5.74, 6) is -0.559.